The summed E-state index contributed by atoms with van der Waals surface area (Å²) in [5.41, 5.74) is 2.43. The fraction of sp³-hybridized carbons (Fsp3) is 0.250. The average Bonchev–Trinajstić information content (AvgIpc) is 2.68. The Bertz CT molecular complexity index is 845. The molecule has 1 aromatic heterocycles. The molecule has 1 aliphatic rings. The maximum absolute atomic E-state index is 12.8. The van der Waals surface area contributed by atoms with Gasteiger partial charge in [-0.2, -0.15) is 0 Å². The van der Waals surface area contributed by atoms with Crippen LogP contribution in [0.5, 0.6) is 5.75 Å². The number of benzene rings is 1. The fourth-order valence-corrected chi connectivity index (χ4v) is 2.87. The SMILES string of the molecule is CCCc1ccnc(NC(=O)c2cccc(N3C=CN=CC3)c2OC)c1. The predicted molar refractivity (Wildman–Crippen MR) is 104 cm³/mol. The van der Waals surface area contributed by atoms with E-state index in [1.165, 1.54) is 0 Å². The van der Waals surface area contributed by atoms with E-state index in [0.29, 0.717) is 23.7 Å². The zero-order chi connectivity index (χ0) is 18.4. The number of methoxy groups -OCH3 is 1. The lowest BCUT2D eigenvalue weighted by Gasteiger charge is -2.23. The Hall–Kier alpha value is -3.15. The Morgan fingerprint density at radius 3 is 2.96 bits per heavy atom. The van der Waals surface area contributed by atoms with E-state index < -0.39 is 0 Å². The van der Waals surface area contributed by atoms with Crippen LogP contribution in [0.1, 0.15) is 29.3 Å². The number of pyridine rings is 1. The number of aryl methyl sites for hydroxylation is 1. The molecule has 26 heavy (non-hydrogen) atoms. The van der Waals surface area contributed by atoms with Crippen LogP contribution in [-0.2, 0) is 6.42 Å². The molecule has 0 unspecified atom stereocenters. The lowest BCUT2D eigenvalue weighted by Crippen LogP contribution is -2.22. The Morgan fingerprint density at radius 1 is 1.35 bits per heavy atom. The minimum absolute atomic E-state index is 0.250. The van der Waals surface area contributed by atoms with Gasteiger partial charge in [0.15, 0.2) is 5.75 Å². The predicted octanol–water partition coefficient (Wildman–Crippen LogP) is 3.66. The first-order valence-corrected chi connectivity index (χ1v) is 8.61. The molecule has 1 aliphatic heterocycles. The molecule has 0 atom stereocenters. The van der Waals surface area contributed by atoms with Gasteiger partial charge in [0.05, 0.1) is 24.9 Å². The van der Waals surface area contributed by atoms with Gasteiger partial charge in [-0.05, 0) is 36.2 Å². The highest BCUT2D eigenvalue weighted by Crippen LogP contribution is 2.33. The topological polar surface area (TPSA) is 66.8 Å². The largest absolute Gasteiger partial charge is 0.494 e. The molecule has 0 fully saturated rings. The molecule has 0 radical (unpaired) electrons. The number of nitrogens with zero attached hydrogens (tertiary/aromatic N) is 3. The van der Waals surface area contributed by atoms with E-state index in [2.05, 4.69) is 22.2 Å². The van der Waals surface area contributed by atoms with E-state index in [1.807, 2.05) is 35.4 Å². The zero-order valence-electron chi connectivity index (χ0n) is 15.0. The number of anilines is 2. The van der Waals surface area contributed by atoms with Gasteiger partial charge in [0.2, 0.25) is 0 Å². The highest BCUT2D eigenvalue weighted by atomic mass is 16.5. The summed E-state index contributed by atoms with van der Waals surface area (Å²) in [6.45, 7) is 2.74. The van der Waals surface area contributed by atoms with Crippen molar-refractivity contribution in [3.05, 3.63) is 60.1 Å². The van der Waals surface area contributed by atoms with Crippen LogP contribution >= 0.6 is 0 Å². The van der Waals surface area contributed by atoms with Crippen molar-refractivity contribution >= 4 is 23.6 Å². The minimum Gasteiger partial charge on any atom is -0.494 e. The third kappa shape index (κ3) is 3.91. The van der Waals surface area contributed by atoms with Gasteiger partial charge in [-0.1, -0.05) is 19.4 Å². The number of aromatic nitrogens is 1. The maximum Gasteiger partial charge on any atom is 0.260 e. The Labute approximate surface area is 153 Å². The number of aliphatic imine (C=N–C) groups is 1. The molecule has 6 heteroatoms. The third-order valence-electron chi connectivity index (χ3n) is 4.07. The number of para-hydroxylation sites is 1. The number of rotatable bonds is 6. The van der Waals surface area contributed by atoms with Gasteiger partial charge in [0, 0.05) is 24.8 Å². The summed E-state index contributed by atoms with van der Waals surface area (Å²) in [5.74, 6) is 0.813. The molecule has 0 saturated carbocycles. The smallest absolute Gasteiger partial charge is 0.260 e. The fourth-order valence-electron chi connectivity index (χ4n) is 2.87. The second kappa shape index (κ2) is 8.29. The van der Waals surface area contributed by atoms with Gasteiger partial charge in [-0.25, -0.2) is 4.98 Å². The van der Waals surface area contributed by atoms with Crippen LogP contribution in [0.4, 0.5) is 11.5 Å². The molecule has 0 spiro atoms. The molecule has 1 amide bonds. The number of carbonyl (C=O) groups excluding carboxylic acids is 1. The van der Waals surface area contributed by atoms with Crippen molar-refractivity contribution in [2.75, 3.05) is 23.9 Å². The number of nitrogens with one attached hydrogen (secondary N) is 1. The van der Waals surface area contributed by atoms with Gasteiger partial charge in [-0.15, -0.1) is 0 Å². The molecule has 0 bridgehead atoms. The second-order valence-corrected chi connectivity index (χ2v) is 5.89. The molecule has 1 aromatic carbocycles. The van der Waals surface area contributed by atoms with Gasteiger partial charge in [0.25, 0.3) is 5.91 Å². The van der Waals surface area contributed by atoms with Crippen LogP contribution in [0.2, 0.25) is 0 Å². The van der Waals surface area contributed by atoms with E-state index in [-0.39, 0.29) is 5.91 Å². The molecule has 2 aromatic rings. The zero-order valence-corrected chi connectivity index (χ0v) is 15.0. The van der Waals surface area contributed by atoms with Crippen molar-refractivity contribution in [2.24, 2.45) is 4.99 Å². The number of ether oxygens (including phenoxy) is 1. The minimum atomic E-state index is -0.250. The van der Waals surface area contributed by atoms with E-state index in [4.69, 9.17) is 4.74 Å². The van der Waals surface area contributed by atoms with Crippen LogP contribution in [0, 0.1) is 0 Å². The summed E-state index contributed by atoms with van der Waals surface area (Å²) in [6, 6.07) is 9.37. The standard InChI is InChI=1S/C20H22N4O2/c1-3-5-15-8-9-22-18(14-15)23-20(25)16-6-4-7-17(19(16)26-2)24-12-10-21-11-13-24/h4,6-12,14H,3,5,13H2,1-2H3,(H,22,23,25). The summed E-state index contributed by atoms with van der Waals surface area (Å²) in [6.07, 6.45) is 9.07. The summed E-state index contributed by atoms with van der Waals surface area (Å²) >= 11 is 0. The first kappa shape index (κ1) is 17.7. The molecule has 3 rings (SSSR count). The van der Waals surface area contributed by atoms with E-state index in [1.54, 1.807) is 31.8 Å². The molecular formula is C20H22N4O2. The lowest BCUT2D eigenvalue weighted by atomic mass is 10.1. The second-order valence-electron chi connectivity index (χ2n) is 5.89. The monoisotopic (exact) mass is 350 g/mol. The van der Waals surface area contributed by atoms with E-state index in [0.717, 1.165) is 24.1 Å². The van der Waals surface area contributed by atoms with Gasteiger partial charge in [-0.3, -0.25) is 9.79 Å². The van der Waals surface area contributed by atoms with Gasteiger partial charge >= 0.3 is 0 Å². The first-order valence-electron chi connectivity index (χ1n) is 8.61. The summed E-state index contributed by atoms with van der Waals surface area (Å²) < 4.78 is 5.55. The molecule has 6 nitrogen and oxygen atoms in total. The highest BCUT2D eigenvalue weighted by molar-refractivity contribution is 6.07. The van der Waals surface area contributed by atoms with E-state index >= 15 is 0 Å². The Kier molecular flexibility index (Phi) is 5.63. The molecule has 1 N–H and O–H groups in total. The van der Waals surface area contributed by atoms with Gasteiger partial charge in [0.1, 0.15) is 5.82 Å². The molecule has 2 heterocycles. The van der Waals surface area contributed by atoms with Crippen molar-refractivity contribution in [1.82, 2.24) is 4.98 Å². The van der Waals surface area contributed by atoms with Crippen molar-refractivity contribution in [3.63, 3.8) is 0 Å². The van der Waals surface area contributed by atoms with Crippen LogP contribution in [-0.4, -0.2) is 30.8 Å². The highest BCUT2D eigenvalue weighted by Gasteiger charge is 2.19. The Morgan fingerprint density at radius 2 is 2.23 bits per heavy atom. The molecular weight excluding hydrogens is 328 g/mol. The summed E-state index contributed by atoms with van der Waals surface area (Å²) in [5, 5.41) is 2.87. The van der Waals surface area contributed by atoms with Crippen LogP contribution in [0.25, 0.3) is 0 Å². The average molecular weight is 350 g/mol. The normalized spacial score (nSPS) is 12.9. The number of hydrogen-bond donors (Lipinski definition) is 1. The summed E-state index contributed by atoms with van der Waals surface area (Å²) in [7, 11) is 1.57. The van der Waals surface area contributed by atoms with Crippen LogP contribution < -0.4 is 15.0 Å². The molecule has 0 aliphatic carbocycles. The lowest BCUT2D eigenvalue weighted by molar-refractivity contribution is 0.102. The number of carbonyl (C=O) groups is 1. The quantitative estimate of drug-likeness (QED) is 0.863. The molecule has 134 valence electrons. The molecule has 0 saturated heterocycles. The van der Waals surface area contributed by atoms with Crippen molar-refractivity contribution in [3.8, 4) is 5.75 Å². The van der Waals surface area contributed by atoms with Crippen molar-refractivity contribution < 1.29 is 9.53 Å². The van der Waals surface area contributed by atoms with E-state index in [9.17, 15) is 4.79 Å². The number of amides is 1. The number of hydrogen-bond acceptors (Lipinski definition) is 5. The maximum atomic E-state index is 12.8. The summed E-state index contributed by atoms with van der Waals surface area (Å²) in [4.78, 5) is 23.1. The van der Waals surface area contributed by atoms with Gasteiger partial charge < -0.3 is 15.0 Å². The van der Waals surface area contributed by atoms with Crippen LogP contribution in [0.3, 0.4) is 0 Å². The van der Waals surface area contributed by atoms with Crippen molar-refractivity contribution in [1.29, 1.82) is 0 Å². The Balaban J connectivity index is 1.86. The van der Waals surface area contributed by atoms with Crippen LogP contribution in [0.15, 0.2) is 53.9 Å². The third-order valence-corrected chi connectivity index (χ3v) is 4.07. The first-order chi connectivity index (χ1) is 12.7. The van der Waals surface area contributed by atoms with Crippen molar-refractivity contribution in [2.45, 2.75) is 19.8 Å².